The number of aryl methyl sites for hydroxylation is 1. The van der Waals surface area contributed by atoms with Crippen LogP contribution in [0.4, 0.5) is 0 Å². The van der Waals surface area contributed by atoms with Gasteiger partial charge in [0.05, 0.1) is 6.42 Å². The molecule has 2 rings (SSSR count). The number of carbonyl (C=O) groups is 1. The highest BCUT2D eigenvalue weighted by atomic mass is 35.5. The lowest BCUT2D eigenvalue weighted by molar-refractivity contribution is -0.120. The van der Waals surface area contributed by atoms with Gasteiger partial charge in [-0.3, -0.25) is 4.79 Å². The molecule has 0 spiro atoms. The average Bonchev–Trinajstić information content (AvgIpc) is 2.88. The van der Waals surface area contributed by atoms with Crippen molar-refractivity contribution in [3.05, 3.63) is 59.4 Å². The largest absolute Gasteiger partial charge is 0.356 e. The molecule has 0 saturated carbocycles. The van der Waals surface area contributed by atoms with Gasteiger partial charge in [0.2, 0.25) is 5.91 Å². The van der Waals surface area contributed by atoms with Crippen LogP contribution in [-0.2, 0) is 17.8 Å². The van der Waals surface area contributed by atoms with Gasteiger partial charge in [0, 0.05) is 30.5 Å². The maximum atomic E-state index is 11.7. The van der Waals surface area contributed by atoms with Crippen molar-refractivity contribution in [2.45, 2.75) is 19.4 Å². The monoisotopic (exact) mass is 276 g/mol. The Morgan fingerprint density at radius 1 is 1.21 bits per heavy atom. The van der Waals surface area contributed by atoms with Crippen molar-refractivity contribution in [1.82, 2.24) is 9.88 Å². The number of benzene rings is 1. The molecule has 2 aromatic rings. The van der Waals surface area contributed by atoms with Gasteiger partial charge >= 0.3 is 0 Å². The van der Waals surface area contributed by atoms with E-state index in [9.17, 15) is 4.79 Å². The number of nitrogens with one attached hydrogen (secondary N) is 1. The average molecular weight is 277 g/mol. The summed E-state index contributed by atoms with van der Waals surface area (Å²) in [6, 6.07) is 11.4. The van der Waals surface area contributed by atoms with Gasteiger partial charge in [-0.1, -0.05) is 23.7 Å². The lowest BCUT2D eigenvalue weighted by Gasteiger charge is -2.06. The molecular weight excluding hydrogens is 260 g/mol. The second-order valence-electron chi connectivity index (χ2n) is 4.43. The first-order chi connectivity index (χ1) is 9.24. The van der Waals surface area contributed by atoms with E-state index in [0.717, 1.165) is 18.5 Å². The van der Waals surface area contributed by atoms with Crippen LogP contribution in [-0.4, -0.2) is 17.0 Å². The van der Waals surface area contributed by atoms with Crippen molar-refractivity contribution in [1.29, 1.82) is 0 Å². The Hall–Kier alpha value is -1.74. The number of halogens is 1. The van der Waals surface area contributed by atoms with Crippen LogP contribution in [0, 0.1) is 0 Å². The molecule has 1 aromatic heterocycles. The Labute approximate surface area is 118 Å². The SMILES string of the molecule is O=C(Cc1cccc(Cl)c1)NCCCn1cccc1. The minimum absolute atomic E-state index is 0.0368. The van der Waals surface area contributed by atoms with Crippen LogP contribution in [0.5, 0.6) is 0 Å². The molecule has 0 bridgehead atoms. The van der Waals surface area contributed by atoms with Crippen LogP contribution in [0.3, 0.4) is 0 Å². The lowest BCUT2D eigenvalue weighted by Crippen LogP contribution is -2.26. The third-order valence-electron chi connectivity index (χ3n) is 2.84. The molecule has 4 heteroatoms. The number of hydrogen-bond donors (Lipinski definition) is 1. The van der Waals surface area contributed by atoms with Crippen LogP contribution in [0.25, 0.3) is 0 Å². The van der Waals surface area contributed by atoms with Gasteiger partial charge in [-0.05, 0) is 36.2 Å². The van der Waals surface area contributed by atoms with Crippen LogP contribution in [0.15, 0.2) is 48.8 Å². The molecule has 1 heterocycles. The van der Waals surface area contributed by atoms with E-state index < -0.39 is 0 Å². The molecular formula is C15H17ClN2O. The first-order valence-electron chi connectivity index (χ1n) is 6.36. The molecule has 0 saturated heterocycles. The fourth-order valence-electron chi connectivity index (χ4n) is 1.90. The second kappa shape index (κ2) is 7.00. The molecule has 0 aliphatic carbocycles. The third-order valence-corrected chi connectivity index (χ3v) is 3.07. The lowest BCUT2D eigenvalue weighted by atomic mass is 10.1. The van der Waals surface area contributed by atoms with Crippen LogP contribution in [0.1, 0.15) is 12.0 Å². The Morgan fingerprint density at radius 3 is 2.74 bits per heavy atom. The highest BCUT2D eigenvalue weighted by molar-refractivity contribution is 6.30. The zero-order chi connectivity index (χ0) is 13.5. The standard InChI is InChI=1S/C15H17ClN2O/c16-14-6-3-5-13(11-14)12-15(19)17-7-4-10-18-8-1-2-9-18/h1-3,5-6,8-9,11H,4,7,10,12H2,(H,17,19). The minimum Gasteiger partial charge on any atom is -0.356 e. The van der Waals surface area contributed by atoms with Crippen molar-refractivity contribution in [3.8, 4) is 0 Å². The van der Waals surface area contributed by atoms with E-state index in [1.165, 1.54) is 0 Å². The minimum atomic E-state index is 0.0368. The van der Waals surface area contributed by atoms with Crippen molar-refractivity contribution < 1.29 is 4.79 Å². The summed E-state index contributed by atoms with van der Waals surface area (Å²) in [5.41, 5.74) is 0.940. The molecule has 3 nitrogen and oxygen atoms in total. The highest BCUT2D eigenvalue weighted by Gasteiger charge is 2.03. The van der Waals surface area contributed by atoms with Gasteiger partial charge in [-0.25, -0.2) is 0 Å². The summed E-state index contributed by atoms with van der Waals surface area (Å²) in [5, 5.41) is 3.58. The van der Waals surface area contributed by atoms with E-state index in [2.05, 4.69) is 9.88 Å². The summed E-state index contributed by atoms with van der Waals surface area (Å²) >= 11 is 5.88. The number of nitrogens with zero attached hydrogens (tertiary/aromatic N) is 1. The molecule has 0 fully saturated rings. The molecule has 0 aliphatic rings. The predicted octanol–water partition coefficient (Wildman–Crippen LogP) is 2.89. The number of aromatic nitrogens is 1. The van der Waals surface area contributed by atoms with Gasteiger partial charge in [-0.2, -0.15) is 0 Å². The van der Waals surface area contributed by atoms with Crippen molar-refractivity contribution in [2.75, 3.05) is 6.54 Å². The van der Waals surface area contributed by atoms with Gasteiger partial charge in [0.1, 0.15) is 0 Å². The summed E-state index contributed by atoms with van der Waals surface area (Å²) in [6.45, 7) is 1.61. The van der Waals surface area contributed by atoms with E-state index in [1.807, 2.05) is 42.7 Å². The summed E-state index contributed by atoms with van der Waals surface area (Å²) in [7, 11) is 0. The van der Waals surface area contributed by atoms with Gasteiger partial charge in [0.15, 0.2) is 0 Å². The van der Waals surface area contributed by atoms with E-state index in [4.69, 9.17) is 11.6 Å². The van der Waals surface area contributed by atoms with Gasteiger partial charge in [-0.15, -0.1) is 0 Å². The Kier molecular flexibility index (Phi) is 5.04. The summed E-state index contributed by atoms with van der Waals surface area (Å²) in [4.78, 5) is 11.7. The van der Waals surface area contributed by atoms with Crippen LogP contribution in [0.2, 0.25) is 5.02 Å². The van der Waals surface area contributed by atoms with Crippen LogP contribution >= 0.6 is 11.6 Å². The zero-order valence-corrected chi connectivity index (χ0v) is 11.4. The predicted molar refractivity (Wildman–Crippen MR) is 77.2 cm³/mol. The normalized spacial score (nSPS) is 10.4. The van der Waals surface area contributed by atoms with E-state index >= 15 is 0 Å². The summed E-state index contributed by atoms with van der Waals surface area (Å²) < 4.78 is 2.10. The molecule has 0 atom stereocenters. The molecule has 1 amide bonds. The molecule has 0 unspecified atom stereocenters. The Morgan fingerprint density at radius 2 is 2.00 bits per heavy atom. The molecule has 1 N–H and O–H groups in total. The summed E-state index contributed by atoms with van der Waals surface area (Å²) in [6.07, 6.45) is 5.35. The van der Waals surface area contributed by atoms with E-state index in [-0.39, 0.29) is 5.91 Å². The topological polar surface area (TPSA) is 34.0 Å². The van der Waals surface area contributed by atoms with Crippen molar-refractivity contribution in [2.24, 2.45) is 0 Å². The maximum Gasteiger partial charge on any atom is 0.224 e. The third kappa shape index (κ3) is 4.79. The molecule has 1 aromatic carbocycles. The number of rotatable bonds is 6. The number of carbonyl (C=O) groups excluding carboxylic acids is 1. The number of amides is 1. The molecule has 100 valence electrons. The molecule has 0 radical (unpaired) electrons. The van der Waals surface area contributed by atoms with Gasteiger partial charge in [0.25, 0.3) is 0 Å². The fourth-order valence-corrected chi connectivity index (χ4v) is 2.12. The first-order valence-corrected chi connectivity index (χ1v) is 6.74. The number of hydrogen-bond acceptors (Lipinski definition) is 1. The highest BCUT2D eigenvalue weighted by Crippen LogP contribution is 2.10. The summed E-state index contributed by atoms with van der Waals surface area (Å²) in [5.74, 6) is 0.0368. The Bertz CT molecular complexity index is 523. The fraction of sp³-hybridized carbons (Fsp3) is 0.267. The Balaban J connectivity index is 1.67. The van der Waals surface area contributed by atoms with Crippen LogP contribution < -0.4 is 5.32 Å². The smallest absolute Gasteiger partial charge is 0.224 e. The molecule has 19 heavy (non-hydrogen) atoms. The first kappa shape index (κ1) is 13.7. The zero-order valence-electron chi connectivity index (χ0n) is 10.7. The maximum absolute atomic E-state index is 11.7. The van der Waals surface area contributed by atoms with Crippen molar-refractivity contribution >= 4 is 17.5 Å². The molecule has 0 aliphatic heterocycles. The second-order valence-corrected chi connectivity index (χ2v) is 4.87. The van der Waals surface area contributed by atoms with Crippen molar-refractivity contribution in [3.63, 3.8) is 0 Å². The quantitative estimate of drug-likeness (QED) is 0.809. The van der Waals surface area contributed by atoms with E-state index in [0.29, 0.717) is 18.0 Å². The van der Waals surface area contributed by atoms with Gasteiger partial charge < -0.3 is 9.88 Å². The van der Waals surface area contributed by atoms with E-state index in [1.54, 1.807) is 6.07 Å².